The minimum Gasteiger partial charge on any atom is -0.372 e. The van der Waals surface area contributed by atoms with Gasteiger partial charge in [0.25, 0.3) is 0 Å². The molecule has 0 saturated carbocycles. The zero-order valence-corrected chi connectivity index (χ0v) is 11.6. The molecule has 0 radical (unpaired) electrons. The first-order valence-electron chi connectivity index (χ1n) is 6.68. The van der Waals surface area contributed by atoms with Crippen LogP contribution in [0, 0.1) is 0 Å². The highest BCUT2D eigenvalue weighted by Crippen LogP contribution is 2.30. The van der Waals surface area contributed by atoms with Crippen molar-refractivity contribution in [3.05, 3.63) is 29.8 Å². The number of anilines is 1. The van der Waals surface area contributed by atoms with Crippen molar-refractivity contribution < 1.29 is 4.74 Å². The zero-order chi connectivity index (χ0) is 13.2. The molecule has 3 nitrogen and oxygen atoms in total. The van der Waals surface area contributed by atoms with Gasteiger partial charge in [-0.25, -0.2) is 0 Å². The topological polar surface area (TPSA) is 38.5 Å². The van der Waals surface area contributed by atoms with E-state index in [2.05, 4.69) is 50.1 Å². The fraction of sp³-hybridized carbons (Fsp3) is 0.600. The van der Waals surface area contributed by atoms with Crippen LogP contribution in [-0.2, 0) is 11.3 Å². The second-order valence-electron chi connectivity index (χ2n) is 5.79. The number of nitrogens with zero attached hydrogens (tertiary/aromatic N) is 1. The lowest BCUT2D eigenvalue weighted by molar-refractivity contribution is -0.0111. The third-order valence-corrected chi connectivity index (χ3v) is 3.62. The van der Waals surface area contributed by atoms with Crippen LogP contribution >= 0.6 is 0 Å². The summed E-state index contributed by atoms with van der Waals surface area (Å²) < 4.78 is 6.03. The van der Waals surface area contributed by atoms with Gasteiger partial charge in [-0.15, -0.1) is 0 Å². The summed E-state index contributed by atoms with van der Waals surface area (Å²) in [6.07, 6.45) is 2.63. The molecule has 3 heteroatoms. The van der Waals surface area contributed by atoms with Gasteiger partial charge in [-0.05, 0) is 44.4 Å². The van der Waals surface area contributed by atoms with E-state index in [1.165, 1.54) is 11.3 Å². The van der Waals surface area contributed by atoms with Crippen LogP contribution in [0.3, 0.4) is 0 Å². The Morgan fingerprint density at radius 2 is 2.22 bits per heavy atom. The Bertz CT molecular complexity index is 403. The summed E-state index contributed by atoms with van der Waals surface area (Å²) in [5, 5.41) is 0. The Labute approximate surface area is 110 Å². The van der Waals surface area contributed by atoms with Gasteiger partial charge in [0.05, 0.1) is 11.7 Å². The van der Waals surface area contributed by atoms with Crippen LogP contribution in [0.25, 0.3) is 0 Å². The maximum absolute atomic E-state index is 6.03. The summed E-state index contributed by atoms with van der Waals surface area (Å²) in [5.41, 5.74) is 8.11. The van der Waals surface area contributed by atoms with Crippen molar-refractivity contribution in [1.29, 1.82) is 0 Å². The van der Waals surface area contributed by atoms with Crippen LogP contribution in [0.1, 0.15) is 32.3 Å². The van der Waals surface area contributed by atoms with Crippen LogP contribution in [0.5, 0.6) is 0 Å². The van der Waals surface area contributed by atoms with Crippen molar-refractivity contribution in [3.63, 3.8) is 0 Å². The second-order valence-corrected chi connectivity index (χ2v) is 5.79. The standard InChI is InChI=1S/C15H24N2O/c1-15(2)8-7-14(18-15)11-17(3)13-6-4-5-12(9-13)10-16/h4-6,9,14H,7-8,10-11,16H2,1-3H3. The minimum atomic E-state index is 0.0462. The molecule has 1 heterocycles. The molecule has 1 aromatic rings. The molecule has 0 aliphatic carbocycles. The van der Waals surface area contributed by atoms with Crippen LogP contribution in [0.15, 0.2) is 24.3 Å². The maximum atomic E-state index is 6.03. The van der Waals surface area contributed by atoms with Crippen LogP contribution < -0.4 is 10.6 Å². The van der Waals surface area contributed by atoms with E-state index in [0.29, 0.717) is 12.6 Å². The average Bonchev–Trinajstić information content (AvgIpc) is 2.68. The molecule has 2 N–H and O–H groups in total. The van der Waals surface area contributed by atoms with E-state index >= 15 is 0 Å². The summed E-state index contributed by atoms with van der Waals surface area (Å²) in [5.74, 6) is 0. The molecule has 0 amide bonds. The van der Waals surface area contributed by atoms with Gasteiger partial charge in [0.2, 0.25) is 0 Å². The van der Waals surface area contributed by atoms with Crippen LogP contribution in [0.2, 0.25) is 0 Å². The lowest BCUT2D eigenvalue weighted by Crippen LogP contribution is -2.31. The predicted molar refractivity (Wildman–Crippen MR) is 75.8 cm³/mol. The molecule has 0 aromatic heterocycles. The van der Waals surface area contributed by atoms with Gasteiger partial charge in [-0.1, -0.05) is 12.1 Å². The van der Waals surface area contributed by atoms with Crippen molar-refractivity contribution in [1.82, 2.24) is 0 Å². The first kappa shape index (κ1) is 13.4. The van der Waals surface area contributed by atoms with E-state index < -0.39 is 0 Å². The van der Waals surface area contributed by atoms with Crippen molar-refractivity contribution in [2.24, 2.45) is 5.73 Å². The van der Waals surface area contributed by atoms with E-state index in [-0.39, 0.29) is 5.60 Å². The Hall–Kier alpha value is -1.06. The van der Waals surface area contributed by atoms with Gasteiger partial charge in [0.1, 0.15) is 0 Å². The molecular formula is C15H24N2O. The lowest BCUT2D eigenvalue weighted by Gasteiger charge is -2.25. The highest BCUT2D eigenvalue weighted by atomic mass is 16.5. The number of ether oxygens (including phenoxy) is 1. The van der Waals surface area contributed by atoms with Crippen molar-refractivity contribution in [2.45, 2.75) is 44.9 Å². The predicted octanol–water partition coefficient (Wildman–Crippen LogP) is 2.54. The van der Waals surface area contributed by atoms with Crippen molar-refractivity contribution >= 4 is 5.69 Å². The van der Waals surface area contributed by atoms with Gasteiger partial charge in [-0.2, -0.15) is 0 Å². The Balaban J connectivity index is 1.97. The number of hydrogen-bond donors (Lipinski definition) is 1. The molecular weight excluding hydrogens is 224 g/mol. The smallest absolute Gasteiger partial charge is 0.0758 e. The maximum Gasteiger partial charge on any atom is 0.0758 e. The number of benzene rings is 1. The SMILES string of the molecule is CN(CC1CCC(C)(C)O1)c1cccc(CN)c1. The lowest BCUT2D eigenvalue weighted by atomic mass is 10.1. The monoisotopic (exact) mass is 248 g/mol. The highest BCUT2D eigenvalue weighted by Gasteiger charge is 2.32. The van der Waals surface area contributed by atoms with Gasteiger partial charge in [0, 0.05) is 25.8 Å². The molecule has 100 valence electrons. The summed E-state index contributed by atoms with van der Waals surface area (Å²) >= 11 is 0. The number of rotatable bonds is 4. The normalized spacial score (nSPS) is 22.1. The molecule has 1 aliphatic heterocycles. The van der Waals surface area contributed by atoms with Crippen LogP contribution in [0.4, 0.5) is 5.69 Å². The Morgan fingerprint density at radius 1 is 1.44 bits per heavy atom. The quantitative estimate of drug-likeness (QED) is 0.890. The largest absolute Gasteiger partial charge is 0.372 e. The first-order valence-corrected chi connectivity index (χ1v) is 6.68. The molecule has 1 atom stereocenters. The molecule has 1 aromatic carbocycles. The van der Waals surface area contributed by atoms with Gasteiger partial charge in [0.15, 0.2) is 0 Å². The van der Waals surface area contributed by atoms with Crippen molar-refractivity contribution in [3.8, 4) is 0 Å². The second kappa shape index (κ2) is 5.29. The van der Waals surface area contributed by atoms with E-state index in [0.717, 1.165) is 19.4 Å². The highest BCUT2D eigenvalue weighted by molar-refractivity contribution is 5.48. The zero-order valence-electron chi connectivity index (χ0n) is 11.6. The van der Waals surface area contributed by atoms with Crippen LogP contribution in [-0.4, -0.2) is 25.3 Å². The summed E-state index contributed by atoms with van der Waals surface area (Å²) in [6, 6.07) is 8.40. The molecule has 1 fully saturated rings. The fourth-order valence-corrected chi connectivity index (χ4v) is 2.54. The molecule has 2 rings (SSSR count). The molecule has 1 saturated heterocycles. The molecule has 0 spiro atoms. The molecule has 1 aliphatic rings. The van der Waals surface area contributed by atoms with E-state index in [4.69, 9.17) is 10.5 Å². The molecule has 18 heavy (non-hydrogen) atoms. The van der Waals surface area contributed by atoms with Gasteiger partial charge < -0.3 is 15.4 Å². The minimum absolute atomic E-state index is 0.0462. The van der Waals surface area contributed by atoms with Crippen molar-refractivity contribution in [2.75, 3.05) is 18.5 Å². The molecule has 0 bridgehead atoms. The third-order valence-electron chi connectivity index (χ3n) is 3.62. The summed E-state index contributed by atoms with van der Waals surface area (Å²) in [7, 11) is 2.12. The van der Waals surface area contributed by atoms with E-state index in [9.17, 15) is 0 Å². The average molecular weight is 248 g/mol. The Kier molecular flexibility index (Phi) is 3.93. The first-order chi connectivity index (χ1) is 8.50. The number of hydrogen-bond acceptors (Lipinski definition) is 3. The third kappa shape index (κ3) is 3.24. The van der Waals surface area contributed by atoms with Gasteiger partial charge in [-0.3, -0.25) is 0 Å². The fourth-order valence-electron chi connectivity index (χ4n) is 2.54. The van der Waals surface area contributed by atoms with E-state index in [1.807, 2.05) is 0 Å². The summed E-state index contributed by atoms with van der Waals surface area (Å²) in [4.78, 5) is 2.26. The number of likely N-dealkylation sites (N-methyl/N-ethyl adjacent to an activating group) is 1. The van der Waals surface area contributed by atoms with Gasteiger partial charge >= 0.3 is 0 Å². The molecule has 1 unspecified atom stereocenters. The number of nitrogens with two attached hydrogens (primary N) is 1. The summed E-state index contributed by atoms with van der Waals surface area (Å²) in [6.45, 7) is 5.87. The van der Waals surface area contributed by atoms with E-state index in [1.54, 1.807) is 0 Å². The Morgan fingerprint density at radius 3 is 2.83 bits per heavy atom.